The molecule has 2 aromatic carbocycles. The highest BCUT2D eigenvalue weighted by molar-refractivity contribution is 7.92. The van der Waals surface area contributed by atoms with Gasteiger partial charge in [-0.1, -0.05) is 30.0 Å². The van der Waals surface area contributed by atoms with E-state index < -0.39 is 30.5 Å². The first kappa shape index (κ1) is 25.6. The molecule has 36 heavy (non-hydrogen) atoms. The Bertz CT molecular complexity index is 1530. The molecule has 9 nitrogen and oxygen atoms in total. The molecule has 0 fully saturated rings. The third-order valence-corrected chi connectivity index (χ3v) is 8.68. The zero-order valence-corrected chi connectivity index (χ0v) is 20.9. The molecule has 0 aliphatic carbocycles. The van der Waals surface area contributed by atoms with E-state index in [1.807, 2.05) is 0 Å². The van der Waals surface area contributed by atoms with Gasteiger partial charge in [0, 0.05) is 35.8 Å². The molecular weight excluding hydrogens is 503 g/mol. The number of fused-ring (bicyclic) bond motifs is 4. The average Bonchev–Trinajstić information content (AvgIpc) is 2.85. The van der Waals surface area contributed by atoms with Gasteiger partial charge >= 0.3 is 0 Å². The Morgan fingerprint density at radius 3 is 2.83 bits per heavy atom. The number of sulfonamides is 1. The van der Waals surface area contributed by atoms with Crippen molar-refractivity contribution in [1.82, 2.24) is 14.7 Å². The summed E-state index contributed by atoms with van der Waals surface area (Å²) < 4.78 is 61.8. The number of halogens is 1. The van der Waals surface area contributed by atoms with E-state index >= 15 is 0 Å². The van der Waals surface area contributed by atoms with Gasteiger partial charge in [0.1, 0.15) is 16.5 Å². The minimum atomic E-state index is -3.97. The normalized spacial score (nSPS) is 17.7. The lowest BCUT2D eigenvalue weighted by molar-refractivity contribution is 0.557. The third kappa shape index (κ3) is 6.37. The molecule has 0 radical (unpaired) electrons. The molecule has 0 amide bonds. The Morgan fingerprint density at radius 1 is 1.17 bits per heavy atom. The molecule has 1 unspecified atom stereocenters. The summed E-state index contributed by atoms with van der Waals surface area (Å²) >= 11 is 0. The molecule has 1 aliphatic heterocycles. The summed E-state index contributed by atoms with van der Waals surface area (Å²) in [6, 6.07) is 12.1. The summed E-state index contributed by atoms with van der Waals surface area (Å²) in [6.07, 6.45) is 3.05. The van der Waals surface area contributed by atoms with Crippen LogP contribution in [0.5, 0.6) is 0 Å². The van der Waals surface area contributed by atoms with Crippen molar-refractivity contribution >= 4 is 37.2 Å². The Labute approximate surface area is 210 Å². The molecular formula is C24H25FN6O3S2. The standard InChI is InChI=1S/C24H25FN6O3S2/c25-21-11-1-2-12-22(21)36(33,34)29-14-4-3-8-18-17-28-24-30-19-9-7-10-20(16-19)35(26,32)15-6-5-13-27-23(18)31-24/h1-2,7,9-12,16-17,26,29H,4-6,13-15H2,(H2,27,28,30,31). The number of anilines is 3. The van der Waals surface area contributed by atoms with Crippen molar-refractivity contribution in [1.29, 1.82) is 4.78 Å². The molecule has 0 saturated heterocycles. The van der Waals surface area contributed by atoms with Crippen molar-refractivity contribution < 1.29 is 17.0 Å². The van der Waals surface area contributed by atoms with Crippen LogP contribution in [0.2, 0.25) is 0 Å². The van der Waals surface area contributed by atoms with Crippen LogP contribution in [0.15, 0.2) is 64.5 Å². The molecule has 4 N–H and O–H groups in total. The summed E-state index contributed by atoms with van der Waals surface area (Å²) in [5.41, 5.74) is 1.16. The topological polar surface area (TPSA) is 137 Å². The Balaban J connectivity index is 1.47. The Hall–Kier alpha value is -3.53. The quantitative estimate of drug-likeness (QED) is 0.299. The lowest BCUT2D eigenvalue weighted by atomic mass is 10.2. The molecule has 1 aliphatic rings. The second-order valence-corrected chi connectivity index (χ2v) is 12.0. The summed E-state index contributed by atoms with van der Waals surface area (Å²) in [4.78, 5) is 8.87. The van der Waals surface area contributed by atoms with Gasteiger partial charge in [-0.05, 0) is 43.2 Å². The number of hydrogen-bond acceptors (Lipinski definition) is 8. The predicted molar refractivity (Wildman–Crippen MR) is 137 cm³/mol. The van der Waals surface area contributed by atoms with Gasteiger partial charge in [-0.3, -0.25) is 0 Å². The third-order valence-electron chi connectivity index (χ3n) is 5.30. The van der Waals surface area contributed by atoms with Gasteiger partial charge in [0.05, 0.1) is 21.5 Å². The van der Waals surface area contributed by atoms with Gasteiger partial charge in [0.25, 0.3) is 0 Å². The van der Waals surface area contributed by atoms with Gasteiger partial charge < -0.3 is 10.6 Å². The molecule has 4 rings (SSSR count). The lowest BCUT2D eigenvalue weighted by Crippen LogP contribution is -2.25. The van der Waals surface area contributed by atoms with Crippen LogP contribution in [0.3, 0.4) is 0 Å². The van der Waals surface area contributed by atoms with E-state index in [-0.39, 0.29) is 18.7 Å². The average molecular weight is 529 g/mol. The first-order valence-electron chi connectivity index (χ1n) is 11.2. The monoisotopic (exact) mass is 528 g/mol. The molecule has 1 aromatic heterocycles. The van der Waals surface area contributed by atoms with Crippen LogP contribution in [0.4, 0.5) is 21.8 Å². The fourth-order valence-corrected chi connectivity index (χ4v) is 6.05. The fraction of sp³-hybridized carbons (Fsp3) is 0.250. The number of nitrogens with zero attached hydrogens (tertiary/aromatic N) is 2. The van der Waals surface area contributed by atoms with Crippen molar-refractivity contribution in [2.24, 2.45) is 0 Å². The van der Waals surface area contributed by atoms with Crippen molar-refractivity contribution in [2.75, 3.05) is 29.5 Å². The lowest BCUT2D eigenvalue weighted by Gasteiger charge is -2.10. The summed E-state index contributed by atoms with van der Waals surface area (Å²) in [5, 5.41) is 6.29. The second-order valence-electron chi connectivity index (χ2n) is 8.00. The highest BCUT2D eigenvalue weighted by Gasteiger charge is 2.17. The Kier molecular flexibility index (Phi) is 7.83. The fourth-order valence-electron chi connectivity index (χ4n) is 3.48. The minimum absolute atomic E-state index is 0.00959. The highest BCUT2D eigenvalue weighted by Crippen LogP contribution is 2.22. The SMILES string of the molecule is N=S1(=O)CCCCNc2nc(ncc2C#CCCNS(=O)(=O)c2ccccc2F)Nc2cccc1c2. The maximum Gasteiger partial charge on any atom is 0.243 e. The molecule has 3 aromatic rings. The maximum atomic E-state index is 13.8. The minimum Gasteiger partial charge on any atom is -0.369 e. The molecule has 0 spiro atoms. The van der Waals surface area contributed by atoms with Gasteiger partial charge in [-0.2, -0.15) is 4.98 Å². The molecule has 188 valence electrons. The van der Waals surface area contributed by atoms with Gasteiger partial charge in [-0.25, -0.2) is 31.5 Å². The molecule has 2 heterocycles. The zero-order chi connectivity index (χ0) is 25.6. The van der Waals surface area contributed by atoms with E-state index in [0.29, 0.717) is 47.3 Å². The van der Waals surface area contributed by atoms with Crippen molar-refractivity contribution in [3.8, 4) is 11.8 Å². The van der Waals surface area contributed by atoms with E-state index in [1.54, 1.807) is 30.5 Å². The summed E-state index contributed by atoms with van der Waals surface area (Å²) in [5.74, 6) is 6.12. The van der Waals surface area contributed by atoms with Crippen molar-refractivity contribution in [3.05, 3.63) is 66.1 Å². The van der Waals surface area contributed by atoms with E-state index in [9.17, 15) is 17.0 Å². The van der Waals surface area contributed by atoms with Gasteiger partial charge in [0.15, 0.2) is 0 Å². The Morgan fingerprint density at radius 2 is 2.00 bits per heavy atom. The predicted octanol–water partition coefficient (Wildman–Crippen LogP) is 3.69. The number of aromatic nitrogens is 2. The van der Waals surface area contributed by atoms with E-state index in [1.165, 1.54) is 18.2 Å². The van der Waals surface area contributed by atoms with Crippen LogP contribution in [0.25, 0.3) is 0 Å². The maximum absolute atomic E-state index is 13.8. The number of nitrogens with one attached hydrogen (secondary N) is 4. The first-order chi connectivity index (χ1) is 17.2. The summed E-state index contributed by atoms with van der Waals surface area (Å²) in [6.45, 7) is 0.552. The van der Waals surface area contributed by atoms with Crippen LogP contribution in [0.1, 0.15) is 24.8 Å². The summed E-state index contributed by atoms with van der Waals surface area (Å²) in [7, 11) is -6.87. The number of hydrogen-bond donors (Lipinski definition) is 4. The largest absolute Gasteiger partial charge is 0.369 e. The van der Waals surface area contributed by atoms with E-state index in [4.69, 9.17) is 4.78 Å². The van der Waals surface area contributed by atoms with Crippen molar-refractivity contribution in [3.63, 3.8) is 0 Å². The molecule has 0 saturated carbocycles. The smallest absolute Gasteiger partial charge is 0.243 e. The van der Waals surface area contributed by atoms with Crippen LogP contribution in [0, 0.1) is 22.4 Å². The second kappa shape index (κ2) is 11.0. The molecule has 12 heteroatoms. The number of rotatable bonds is 4. The van der Waals surface area contributed by atoms with Crippen LogP contribution < -0.4 is 15.4 Å². The highest BCUT2D eigenvalue weighted by atomic mass is 32.2. The van der Waals surface area contributed by atoms with Crippen LogP contribution >= 0.6 is 0 Å². The van der Waals surface area contributed by atoms with E-state index in [2.05, 4.69) is 37.2 Å². The van der Waals surface area contributed by atoms with Crippen molar-refractivity contribution in [2.45, 2.75) is 29.1 Å². The number of benzene rings is 2. The van der Waals surface area contributed by atoms with E-state index in [0.717, 1.165) is 6.07 Å². The molecule has 1 atom stereocenters. The van der Waals surface area contributed by atoms with Gasteiger partial charge in [-0.15, -0.1) is 0 Å². The molecule has 4 bridgehead atoms. The zero-order valence-electron chi connectivity index (χ0n) is 19.3. The first-order valence-corrected chi connectivity index (χ1v) is 14.4. The van der Waals surface area contributed by atoms with Crippen LogP contribution in [-0.4, -0.2) is 41.4 Å². The van der Waals surface area contributed by atoms with Crippen LogP contribution in [-0.2, 0) is 19.8 Å². The van der Waals surface area contributed by atoms with Gasteiger partial charge in [0.2, 0.25) is 16.0 Å².